The number of nitrogens with one attached hydrogen (secondary N) is 1. The van der Waals surface area contributed by atoms with E-state index in [9.17, 15) is 4.79 Å². The number of aromatic carboxylic acids is 1. The third-order valence-corrected chi connectivity index (χ3v) is 3.56. The van der Waals surface area contributed by atoms with E-state index >= 15 is 0 Å². The molecule has 2 rings (SSSR count). The van der Waals surface area contributed by atoms with Crippen molar-refractivity contribution in [1.29, 1.82) is 0 Å². The number of methoxy groups -OCH3 is 1. The van der Waals surface area contributed by atoms with Gasteiger partial charge in [0, 0.05) is 12.5 Å². The Hall–Kier alpha value is -1.14. The maximum Gasteiger partial charge on any atom is 0.355 e. The first-order chi connectivity index (χ1) is 7.70. The fourth-order valence-corrected chi connectivity index (χ4v) is 2.72. The van der Waals surface area contributed by atoms with Crippen molar-refractivity contribution in [3.05, 3.63) is 11.1 Å². The number of nitrogens with zero attached hydrogens (tertiary/aromatic N) is 1. The summed E-state index contributed by atoms with van der Waals surface area (Å²) in [5.74, 6) is -0.987. The van der Waals surface area contributed by atoms with E-state index in [0.29, 0.717) is 5.13 Å². The van der Waals surface area contributed by atoms with Crippen molar-refractivity contribution in [2.75, 3.05) is 12.4 Å². The first-order valence-electron chi connectivity index (χ1n) is 5.19. The summed E-state index contributed by atoms with van der Waals surface area (Å²) in [6.45, 7) is 0. The van der Waals surface area contributed by atoms with Crippen molar-refractivity contribution >= 4 is 22.4 Å². The topological polar surface area (TPSA) is 71.5 Å². The molecule has 1 aliphatic carbocycles. The molecule has 0 saturated heterocycles. The summed E-state index contributed by atoms with van der Waals surface area (Å²) in [7, 11) is 1.70. The molecule has 1 fully saturated rings. The molecule has 2 atom stereocenters. The van der Waals surface area contributed by atoms with Crippen LogP contribution in [0.1, 0.15) is 29.8 Å². The molecule has 6 heteroatoms. The highest BCUT2D eigenvalue weighted by Gasteiger charge is 2.27. The van der Waals surface area contributed by atoms with Crippen LogP contribution in [0.4, 0.5) is 5.13 Å². The van der Waals surface area contributed by atoms with E-state index in [0.717, 1.165) is 19.3 Å². The fraction of sp³-hybridized carbons (Fsp3) is 0.600. The van der Waals surface area contributed by atoms with E-state index in [1.807, 2.05) is 0 Å². The summed E-state index contributed by atoms with van der Waals surface area (Å²) in [5, 5.41) is 14.2. The zero-order valence-corrected chi connectivity index (χ0v) is 9.79. The van der Waals surface area contributed by atoms with Gasteiger partial charge in [0.1, 0.15) is 0 Å². The van der Waals surface area contributed by atoms with Crippen LogP contribution in [0.2, 0.25) is 0 Å². The lowest BCUT2D eigenvalue weighted by Gasteiger charge is -2.18. The van der Waals surface area contributed by atoms with Crippen LogP contribution in [0.3, 0.4) is 0 Å². The maximum atomic E-state index is 10.7. The Morgan fingerprint density at radius 2 is 2.50 bits per heavy atom. The van der Waals surface area contributed by atoms with Crippen LogP contribution in [0.15, 0.2) is 5.38 Å². The second kappa shape index (κ2) is 4.80. The number of carboxylic acids is 1. The first-order valence-corrected chi connectivity index (χ1v) is 6.07. The SMILES string of the molecule is COC1CCCC1Nc1nc(C(=O)O)cs1. The lowest BCUT2D eigenvalue weighted by atomic mass is 10.2. The van der Waals surface area contributed by atoms with Gasteiger partial charge >= 0.3 is 5.97 Å². The largest absolute Gasteiger partial charge is 0.476 e. The van der Waals surface area contributed by atoms with E-state index < -0.39 is 5.97 Å². The van der Waals surface area contributed by atoms with Crippen LogP contribution in [-0.2, 0) is 4.74 Å². The lowest BCUT2D eigenvalue weighted by Crippen LogP contribution is -2.29. The van der Waals surface area contributed by atoms with Gasteiger partial charge < -0.3 is 15.2 Å². The second-order valence-corrected chi connectivity index (χ2v) is 4.66. The van der Waals surface area contributed by atoms with Crippen LogP contribution in [-0.4, -0.2) is 35.3 Å². The van der Waals surface area contributed by atoms with Gasteiger partial charge in [0.2, 0.25) is 0 Å². The molecule has 1 aromatic heterocycles. The number of thiazole rings is 1. The predicted octanol–water partition coefficient (Wildman–Crippen LogP) is 1.82. The van der Waals surface area contributed by atoms with E-state index in [1.54, 1.807) is 12.5 Å². The Morgan fingerprint density at radius 3 is 3.12 bits per heavy atom. The quantitative estimate of drug-likeness (QED) is 0.842. The number of ether oxygens (including phenoxy) is 1. The summed E-state index contributed by atoms with van der Waals surface area (Å²) in [6.07, 6.45) is 3.43. The van der Waals surface area contributed by atoms with Gasteiger partial charge in [0.25, 0.3) is 0 Å². The molecular formula is C10H14N2O3S. The predicted molar refractivity (Wildman–Crippen MR) is 61.1 cm³/mol. The number of aromatic nitrogens is 1. The van der Waals surface area contributed by atoms with Gasteiger partial charge in [-0.25, -0.2) is 9.78 Å². The minimum absolute atomic E-state index is 0.0967. The number of anilines is 1. The highest BCUT2D eigenvalue weighted by Crippen LogP contribution is 2.26. The zero-order chi connectivity index (χ0) is 11.5. The van der Waals surface area contributed by atoms with Gasteiger partial charge in [-0.3, -0.25) is 0 Å². The van der Waals surface area contributed by atoms with Crippen LogP contribution in [0.25, 0.3) is 0 Å². The maximum absolute atomic E-state index is 10.7. The molecule has 1 aromatic rings. The Labute approximate surface area is 97.5 Å². The summed E-state index contributed by atoms with van der Waals surface area (Å²) < 4.78 is 5.35. The molecule has 2 unspecified atom stereocenters. The van der Waals surface area contributed by atoms with Crippen LogP contribution in [0.5, 0.6) is 0 Å². The van der Waals surface area contributed by atoms with Crippen molar-refractivity contribution in [2.45, 2.75) is 31.4 Å². The molecule has 5 nitrogen and oxygen atoms in total. The molecular weight excluding hydrogens is 228 g/mol. The van der Waals surface area contributed by atoms with E-state index in [1.165, 1.54) is 11.3 Å². The minimum atomic E-state index is -0.987. The van der Waals surface area contributed by atoms with Crippen molar-refractivity contribution in [3.63, 3.8) is 0 Å². The number of hydrogen-bond donors (Lipinski definition) is 2. The number of hydrogen-bond acceptors (Lipinski definition) is 5. The van der Waals surface area contributed by atoms with Crippen LogP contribution >= 0.6 is 11.3 Å². The normalized spacial score (nSPS) is 24.6. The van der Waals surface area contributed by atoms with Crippen LogP contribution in [0, 0.1) is 0 Å². The van der Waals surface area contributed by atoms with Gasteiger partial charge in [-0.2, -0.15) is 0 Å². The zero-order valence-electron chi connectivity index (χ0n) is 8.97. The number of carboxylic acid groups (broad SMARTS) is 1. The van der Waals surface area contributed by atoms with Gasteiger partial charge in [-0.15, -0.1) is 11.3 Å². The van der Waals surface area contributed by atoms with Gasteiger partial charge in [-0.1, -0.05) is 0 Å². The smallest absolute Gasteiger partial charge is 0.355 e. The molecule has 2 N–H and O–H groups in total. The molecule has 0 aliphatic heterocycles. The molecule has 0 bridgehead atoms. The third-order valence-electron chi connectivity index (χ3n) is 2.79. The molecule has 1 aliphatic rings. The Bertz CT molecular complexity index is 380. The second-order valence-electron chi connectivity index (χ2n) is 3.80. The van der Waals surface area contributed by atoms with Crippen molar-refractivity contribution in [3.8, 4) is 0 Å². The molecule has 0 aromatic carbocycles. The molecule has 0 amide bonds. The standard InChI is InChI=1S/C10H14N2O3S/c1-15-8-4-2-3-6(8)11-10-12-7(5-16-10)9(13)14/h5-6,8H,2-4H2,1H3,(H,11,12)(H,13,14). The van der Waals surface area contributed by atoms with E-state index in [4.69, 9.17) is 9.84 Å². The molecule has 1 heterocycles. The average Bonchev–Trinajstić information content (AvgIpc) is 2.87. The minimum Gasteiger partial charge on any atom is -0.476 e. The fourth-order valence-electron chi connectivity index (χ4n) is 1.97. The molecule has 88 valence electrons. The Kier molecular flexibility index (Phi) is 3.40. The molecule has 0 radical (unpaired) electrons. The van der Waals surface area contributed by atoms with Crippen LogP contribution < -0.4 is 5.32 Å². The van der Waals surface area contributed by atoms with Gasteiger partial charge in [-0.05, 0) is 19.3 Å². The van der Waals surface area contributed by atoms with Crippen molar-refractivity contribution in [2.24, 2.45) is 0 Å². The lowest BCUT2D eigenvalue weighted by molar-refractivity contribution is 0.0691. The van der Waals surface area contributed by atoms with Gasteiger partial charge in [0.15, 0.2) is 10.8 Å². The molecule has 1 saturated carbocycles. The number of rotatable bonds is 4. The summed E-state index contributed by atoms with van der Waals surface area (Å²) >= 11 is 1.32. The highest BCUT2D eigenvalue weighted by atomic mass is 32.1. The molecule has 16 heavy (non-hydrogen) atoms. The average molecular weight is 242 g/mol. The summed E-state index contributed by atoms with van der Waals surface area (Å²) in [4.78, 5) is 14.7. The summed E-state index contributed by atoms with van der Waals surface area (Å²) in [5.41, 5.74) is 0.0967. The number of carbonyl (C=O) groups is 1. The van der Waals surface area contributed by atoms with Crippen molar-refractivity contribution in [1.82, 2.24) is 4.98 Å². The van der Waals surface area contributed by atoms with E-state index in [-0.39, 0.29) is 17.8 Å². The van der Waals surface area contributed by atoms with Crippen molar-refractivity contribution < 1.29 is 14.6 Å². The highest BCUT2D eigenvalue weighted by molar-refractivity contribution is 7.13. The third kappa shape index (κ3) is 2.33. The van der Waals surface area contributed by atoms with E-state index in [2.05, 4.69) is 10.3 Å². The van der Waals surface area contributed by atoms with Gasteiger partial charge in [0.05, 0.1) is 12.1 Å². The monoisotopic (exact) mass is 242 g/mol. The first kappa shape index (κ1) is 11.3. The molecule has 0 spiro atoms. The Balaban J connectivity index is 2.00. The summed E-state index contributed by atoms with van der Waals surface area (Å²) in [6, 6.07) is 0.248. The Morgan fingerprint density at radius 1 is 1.69 bits per heavy atom.